The zero-order valence-electron chi connectivity index (χ0n) is 26.0. The summed E-state index contributed by atoms with van der Waals surface area (Å²) in [6, 6.07) is 32.1. The Kier molecular flexibility index (Phi) is 10.0. The first-order chi connectivity index (χ1) is 23.3. The molecule has 4 aromatic rings. The molecule has 1 saturated heterocycles. The van der Waals surface area contributed by atoms with E-state index in [1.165, 1.54) is 23.6 Å². The molecule has 0 bridgehead atoms. The first-order valence-electron chi connectivity index (χ1n) is 14.9. The maximum Gasteiger partial charge on any atom is 0.646 e. The Hall–Kier alpha value is -5.19. The van der Waals surface area contributed by atoms with Crippen molar-refractivity contribution in [2.24, 2.45) is 4.99 Å². The van der Waals surface area contributed by atoms with Crippen molar-refractivity contribution in [3.63, 3.8) is 0 Å². The fourth-order valence-electron chi connectivity index (χ4n) is 4.82. The average molecular weight is 687 g/mol. The van der Waals surface area contributed by atoms with Crippen molar-refractivity contribution in [1.82, 2.24) is 4.90 Å². The van der Waals surface area contributed by atoms with Gasteiger partial charge in [-0.2, -0.15) is 4.57 Å². The van der Waals surface area contributed by atoms with E-state index in [-0.39, 0.29) is 36.2 Å². The third-order valence-corrected chi connectivity index (χ3v) is 9.70. The first kappa shape index (κ1) is 32.7. The van der Waals surface area contributed by atoms with Crippen LogP contribution in [0.2, 0.25) is 0 Å². The number of β-lactam (4-membered cyclic amide) rings is 1. The number of phosphoric acid groups is 1. The molecule has 1 fully saturated rings. The number of hydrogen-bond acceptors (Lipinski definition) is 11. The lowest BCUT2D eigenvalue weighted by Gasteiger charge is -2.41. The van der Waals surface area contributed by atoms with Gasteiger partial charge in [0.25, 0.3) is 5.91 Å². The van der Waals surface area contributed by atoms with Crippen molar-refractivity contribution >= 4 is 36.5 Å². The summed E-state index contributed by atoms with van der Waals surface area (Å²) in [5.41, 5.74) is 0.426. The molecule has 2 unspecified atom stereocenters. The molecule has 2 atom stereocenters. The number of rotatable bonds is 14. The summed E-state index contributed by atoms with van der Waals surface area (Å²) in [4.78, 5) is 33.1. The molecule has 1 amide bonds. The van der Waals surface area contributed by atoms with E-state index in [2.05, 4.69) is 4.99 Å². The number of para-hydroxylation sites is 3. The van der Waals surface area contributed by atoms with Gasteiger partial charge in [-0.3, -0.25) is 14.7 Å². The number of methoxy groups -OCH3 is 1. The van der Waals surface area contributed by atoms with Crippen molar-refractivity contribution in [3.05, 3.63) is 132 Å². The third-order valence-electron chi connectivity index (χ3n) is 7.13. The van der Waals surface area contributed by atoms with Gasteiger partial charge in [-0.25, -0.2) is 4.79 Å². The van der Waals surface area contributed by atoms with Gasteiger partial charge in [-0.15, -0.1) is 0 Å². The topological polar surface area (TPSA) is 122 Å². The number of hydrogen-bond donors (Lipinski definition) is 0. The number of ether oxygens (including phenoxy) is 3. The first-order valence-corrected chi connectivity index (χ1v) is 17.2. The SMILES string of the molecule is COc1ccc(COC(=O)C(=C(C)OP(=O)(Oc2ccccc2)Oc2ccccc2)N2C(=O)C3N=C(COc4ccccc4)SC32)cc1. The lowest BCUT2D eigenvalue weighted by atomic mass is 10.1. The van der Waals surface area contributed by atoms with Gasteiger partial charge in [0.1, 0.15) is 52.4 Å². The lowest BCUT2D eigenvalue weighted by molar-refractivity contribution is -0.151. The number of thioether (sulfide) groups is 1. The standard InChI is InChI=1S/C35H31N2O9PS/c1-24(44-47(40,45-28-14-8-4-9-15-28)46-29-16-10-5-11-17-29)32(35(39)43-22-25-18-20-26(41-2)21-19-25)37-33(38)31-34(37)48-30(36-31)23-42-27-12-6-3-7-13-27/h3-21,31,34H,22-23H2,1-2H3. The number of esters is 1. The predicted octanol–water partition coefficient (Wildman–Crippen LogP) is 7.01. The highest BCUT2D eigenvalue weighted by molar-refractivity contribution is 8.15. The van der Waals surface area contributed by atoms with Gasteiger partial charge in [-0.05, 0) is 61.0 Å². The summed E-state index contributed by atoms with van der Waals surface area (Å²) < 4.78 is 48.4. The van der Waals surface area contributed by atoms with Gasteiger partial charge in [-0.1, -0.05) is 78.5 Å². The second kappa shape index (κ2) is 14.7. The Morgan fingerprint density at radius 3 is 1.92 bits per heavy atom. The summed E-state index contributed by atoms with van der Waals surface area (Å²) in [6.07, 6.45) is 0. The number of nitrogens with zero attached hydrogens (tertiary/aromatic N) is 2. The highest BCUT2D eigenvalue weighted by Gasteiger charge is 2.56. The molecular formula is C35H31N2O9PS. The van der Waals surface area contributed by atoms with Crippen LogP contribution in [0.4, 0.5) is 0 Å². The van der Waals surface area contributed by atoms with Crippen LogP contribution in [0, 0.1) is 0 Å². The molecular weight excluding hydrogens is 655 g/mol. The minimum Gasteiger partial charge on any atom is -0.497 e. The van der Waals surface area contributed by atoms with E-state index in [4.69, 9.17) is 27.8 Å². The average Bonchev–Trinajstić information content (AvgIpc) is 3.49. The quantitative estimate of drug-likeness (QED) is 0.0450. The van der Waals surface area contributed by atoms with Gasteiger partial charge in [0.2, 0.25) is 0 Å². The molecule has 13 heteroatoms. The summed E-state index contributed by atoms with van der Waals surface area (Å²) in [5, 5.41) is -0.00172. The molecule has 48 heavy (non-hydrogen) atoms. The summed E-state index contributed by atoms with van der Waals surface area (Å²) in [6.45, 7) is 1.43. The smallest absolute Gasteiger partial charge is 0.497 e. The summed E-state index contributed by atoms with van der Waals surface area (Å²) in [5.74, 6) is 0.172. The molecule has 0 saturated carbocycles. The number of likely N-dealkylation sites (tertiary alicyclic amines) is 1. The predicted molar refractivity (Wildman–Crippen MR) is 180 cm³/mol. The van der Waals surface area contributed by atoms with Crippen molar-refractivity contribution < 1.29 is 41.9 Å². The molecule has 2 aliphatic rings. The van der Waals surface area contributed by atoms with Crippen molar-refractivity contribution in [3.8, 4) is 23.0 Å². The fraction of sp³-hybridized carbons (Fsp3) is 0.171. The van der Waals surface area contributed by atoms with E-state index in [0.29, 0.717) is 22.1 Å². The van der Waals surface area contributed by atoms with Crippen LogP contribution in [0.3, 0.4) is 0 Å². The number of phosphoric ester groups is 1. The molecule has 0 aliphatic carbocycles. The van der Waals surface area contributed by atoms with Crippen LogP contribution in [-0.2, 0) is 30.0 Å². The number of carbonyl (C=O) groups excluding carboxylic acids is 2. The van der Waals surface area contributed by atoms with E-state index in [9.17, 15) is 14.2 Å². The van der Waals surface area contributed by atoms with Gasteiger partial charge in [0.05, 0.1) is 7.11 Å². The Morgan fingerprint density at radius 2 is 1.35 bits per heavy atom. The number of amides is 1. The molecule has 2 aliphatic heterocycles. The number of carbonyl (C=O) groups is 2. The van der Waals surface area contributed by atoms with Crippen molar-refractivity contribution in [1.29, 1.82) is 0 Å². The Labute approximate surface area is 281 Å². The van der Waals surface area contributed by atoms with Gasteiger partial charge in [0.15, 0.2) is 11.7 Å². The largest absolute Gasteiger partial charge is 0.646 e. The molecule has 11 nitrogen and oxygen atoms in total. The number of benzene rings is 4. The van der Waals surface area contributed by atoms with Crippen LogP contribution in [-0.4, -0.2) is 47.0 Å². The van der Waals surface area contributed by atoms with Crippen LogP contribution < -0.4 is 18.5 Å². The monoisotopic (exact) mass is 686 g/mol. The maximum atomic E-state index is 14.2. The Morgan fingerprint density at radius 1 is 0.792 bits per heavy atom. The summed E-state index contributed by atoms with van der Waals surface area (Å²) in [7, 11) is -2.95. The van der Waals surface area contributed by atoms with E-state index >= 15 is 0 Å². The van der Waals surface area contributed by atoms with Crippen molar-refractivity contribution in [2.75, 3.05) is 13.7 Å². The number of allylic oxidation sites excluding steroid dienone is 1. The number of fused-ring (bicyclic) bond motifs is 1. The van der Waals surface area contributed by atoms with E-state index < -0.39 is 31.1 Å². The van der Waals surface area contributed by atoms with Crippen LogP contribution in [0.1, 0.15) is 12.5 Å². The molecule has 0 N–H and O–H groups in total. The zero-order chi connectivity index (χ0) is 33.5. The number of aliphatic imine (C=N–C) groups is 1. The normalized spacial score (nSPS) is 17.2. The highest BCUT2D eigenvalue weighted by Crippen LogP contribution is 2.52. The van der Waals surface area contributed by atoms with Crippen molar-refractivity contribution in [2.45, 2.75) is 24.9 Å². The lowest BCUT2D eigenvalue weighted by Crippen LogP contribution is -2.61. The zero-order valence-corrected chi connectivity index (χ0v) is 27.7. The summed E-state index contributed by atoms with van der Waals surface area (Å²) >= 11 is 1.28. The third kappa shape index (κ3) is 7.67. The molecule has 2 heterocycles. The Bertz CT molecular complexity index is 1810. The minimum atomic E-state index is -4.50. The maximum absolute atomic E-state index is 14.2. The van der Waals surface area contributed by atoms with Crippen LogP contribution in [0.15, 0.2) is 132 Å². The molecule has 0 radical (unpaired) electrons. The second-order valence-corrected chi connectivity index (χ2v) is 13.1. The van der Waals surface area contributed by atoms with Gasteiger partial charge in [0, 0.05) is 0 Å². The van der Waals surface area contributed by atoms with E-state index in [1.807, 2.05) is 30.3 Å². The molecule has 0 spiro atoms. The highest BCUT2D eigenvalue weighted by atomic mass is 32.2. The van der Waals surface area contributed by atoms with Gasteiger partial charge < -0.3 is 27.8 Å². The minimum absolute atomic E-state index is 0.117. The van der Waals surface area contributed by atoms with E-state index in [0.717, 1.165) is 0 Å². The van der Waals surface area contributed by atoms with Crippen LogP contribution in [0.5, 0.6) is 23.0 Å². The Balaban J connectivity index is 1.28. The second-order valence-electron chi connectivity index (χ2n) is 10.5. The molecule has 0 aromatic heterocycles. The molecule has 4 aromatic carbocycles. The molecule has 6 rings (SSSR count). The fourth-order valence-corrected chi connectivity index (χ4v) is 7.31. The van der Waals surface area contributed by atoms with E-state index in [1.54, 1.807) is 92.0 Å². The van der Waals surface area contributed by atoms with Crippen LogP contribution in [0.25, 0.3) is 0 Å². The van der Waals surface area contributed by atoms with Crippen LogP contribution >= 0.6 is 19.6 Å². The molecule has 246 valence electrons. The van der Waals surface area contributed by atoms with Gasteiger partial charge >= 0.3 is 13.8 Å².